The molecule has 5 heteroatoms. The van der Waals surface area contributed by atoms with Crippen LogP contribution in [0, 0.1) is 0 Å². The minimum absolute atomic E-state index is 0.154. The fourth-order valence-corrected chi connectivity index (χ4v) is 1.86. The van der Waals surface area contributed by atoms with E-state index in [0.29, 0.717) is 10.4 Å². The molecule has 1 heterocycles. The lowest BCUT2D eigenvalue weighted by Crippen LogP contribution is -2.15. The average molecular weight is 307 g/mol. The summed E-state index contributed by atoms with van der Waals surface area (Å²) in [6.45, 7) is 0. The molecule has 0 atom stereocenters. The second-order valence-corrected chi connectivity index (χ2v) is 4.55. The minimum Gasteiger partial charge on any atom is -0.508 e. The van der Waals surface area contributed by atoms with E-state index in [-0.39, 0.29) is 18.1 Å². The number of nitrogens with zero attached hydrogens (tertiary/aromatic N) is 1. The van der Waals surface area contributed by atoms with Gasteiger partial charge >= 0.3 is 0 Å². The Bertz CT molecular complexity index is 523. The predicted octanol–water partition coefficient (Wildman–Crippen LogP) is 2.73. The van der Waals surface area contributed by atoms with E-state index in [4.69, 9.17) is 0 Å². The SMILES string of the molecule is O=C(Cc1cccc(O)c1)Nc1cccc(Br)n1. The minimum atomic E-state index is -0.175. The van der Waals surface area contributed by atoms with Crippen LogP contribution in [0.15, 0.2) is 47.1 Å². The number of anilines is 1. The molecular formula is C13H11BrN2O2. The van der Waals surface area contributed by atoms with Crippen LogP contribution in [-0.4, -0.2) is 16.0 Å². The van der Waals surface area contributed by atoms with E-state index in [1.165, 1.54) is 0 Å². The first-order valence-electron chi connectivity index (χ1n) is 5.34. The molecule has 1 aromatic heterocycles. The number of aromatic nitrogens is 1. The molecule has 18 heavy (non-hydrogen) atoms. The van der Waals surface area contributed by atoms with Gasteiger partial charge in [-0.25, -0.2) is 4.98 Å². The van der Waals surface area contributed by atoms with Gasteiger partial charge in [0.05, 0.1) is 6.42 Å². The quantitative estimate of drug-likeness (QED) is 0.857. The van der Waals surface area contributed by atoms with Crippen LogP contribution in [0.3, 0.4) is 0 Å². The second-order valence-electron chi connectivity index (χ2n) is 3.74. The molecule has 0 saturated heterocycles. The number of amides is 1. The number of phenols is 1. The molecule has 2 N–H and O–H groups in total. The first kappa shape index (κ1) is 12.6. The van der Waals surface area contributed by atoms with Crippen molar-refractivity contribution >= 4 is 27.7 Å². The number of phenolic OH excluding ortho intramolecular Hbond substituents is 1. The zero-order valence-electron chi connectivity index (χ0n) is 9.43. The summed E-state index contributed by atoms with van der Waals surface area (Å²) in [5, 5.41) is 12.0. The zero-order valence-corrected chi connectivity index (χ0v) is 11.0. The van der Waals surface area contributed by atoms with Crippen molar-refractivity contribution in [1.29, 1.82) is 0 Å². The summed E-state index contributed by atoms with van der Waals surface area (Å²) in [5.74, 6) is 0.474. The van der Waals surface area contributed by atoms with Crippen molar-refractivity contribution in [3.05, 3.63) is 52.6 Å². The molecule has 4 nitrogen and oxygen atoms in total. The largest absolute Gasteiger partial charge is 0.508 e. The number of halogens is 1. The monoisotopic (exact) mass is 306 g/mol. The molecule has 0 fully saturated rings. The van der Waals surface area contributed by atoms with Gasteiger partial charge in [-0.1, -0.05) is 18.2 Å². The number of carbonyl (C=O) groups excluding carboxylic acids is 1. The van der Waals surface area contributed by atoms with Gasteiger partial charge in [0.15, 0.2) is 0 Å². The van der Waals surface area contributed by atoms with Gasteiger partial charge in [0, 0.05) is 0 Å². The van der Waals surface area contributed by atoms with E-state index in [0.717, 1.165) is 5.56 Å². The van der Waals surface area contributed by atoms with Gasteiger partial charge in [-0.05, 0) is 45.8 Å². The third-order valence-corrected chi connectivity index (χ3v) is 2.70. The summed E-state index contributed by atoms with van der Waals surface area (Å²) in [7, 11) is 0. The predicted molar refractivity (Wildman–Crippen MR) is 72.4 cm³/mol. The second kappa shape index (κ2) is 5.64. The highest BCUT2D eigenvalue weighted by Gasteiger charge is 2.05. The van der Waals surface area contributed by atoms with E-state index < -0.39 is 0 Å². The number of hydrogen-bond acceptors (Lipinski definition) is 3. The maximum atomic E-state index is 11.8. The molecule has 0 aliphatic carbocycles. The molecule has 92 valence electrons. The summed E-state index contributed by atoms with van der Waals surface area (Å²) in [6.07, 6.45) is 0.197. The first-order valence-corrected chi connectivity index (χ1v) is 6.13. The molecule has 0 spiro atoms. The van der Waals surface area contributed by atoms with Gasteiger partial charge in [0.25, 0.3) is 0 Å². The lowest BCUT2D eigenvalue weighted by molar-refractivity contribution is -0.115. The topological polar surface area (TPSA) is 62.2 Å². The van der Waals surface area contributed by atoms with E-state index in [9.17, 15) is 9.90 Å². The fourth-order valence-electron chi connectivity index (χ4n) is 1.52. The van der Waals surface area contributed by atoms with Crippen LogP contribution in [0.5, 0.6) is 5.75 Å². The van der Waals surface area contributed by atoms with Crippen LogP contribution in [0.25, 0.3) is 0 Å². The summed E-state index contributed by atoms with van der Waals surface area (Å²) in [6, 6.07) is 11.9. The van der Waals surface area contributed by atoms with Crippen LogP contribution in [0.4, 0.5) is 5.82 Å². The number of nitrogens with one attached hydrogen (secondary N) is 1. The summed E-state index contributed by atoms with van der Waals surface area (Å²) in [4.78, 5) is 15.9. The lowest BCUT2D eigenvalue weighted by Gasteiger charge is -2.05. The van der Waals surface area contributed by atoms with Gasteiger partial charge < -0.3 is 10.4 Å². The normalized spacial score (nSPS) is 10.1. The smallest absolute Gasteiger partial charge is 0.229 e. The number of rotatable bonds is 3. The molecule has 2 rings (SSSR count). The Morgan fingerprint density at radius 3 is 2.78 bits per heavy atom. The molecule has 1 amide bonds. The van der Waals surface area contributed by atoms with Crippen molar-refractivity contribution in [2.45, 2.75) is 6.42 Å². The van der Waals surface area contributed by atoms with E-state index in [1.807, 2.05) is 0 Å². The summed E-state index contributed by atoms with van der Waals surface area (Å²) >= 11 is 3.23. The van der Waals surface area contributed by atoms with Crippen molar-refractivity contribution in [3.63, 3.8) is 0 Å². The number of hydrogen-bond donors (Lipinski definition) is 2. The number of pyridine rings is 1. The first-order chi connectivity index (χ1) is 8.63. The highest BCUT2D eigenvalue weighted by molar-refractivity contribution is 9.10. The molecule has 0 radical (unpaired) electrons. The molecule has 1 aromatic carbocycles. The number of aromatic hydroxyl groups is 1. The Morgan fingerprint density at radius 1 is 1.28 bits per heavy atom. The van der Waals surface area contributed by atoms with Crippen LogP contribution in [-0.2, 0) is 11.2 Å². The molecule has 0 unspecified atom stereocenters. The third kappa shape index (κ3) is 3.56. The molecule has 0 aliphatic heterocycles. The molecule has 0 saturated carbocycles. The molecular weight excluding hydrogens is 296 g/mol. The lowest BCUT2D eigenvalue weighted by atomic mass is 10.1. The third-order valence-electron chi connectivity index (χ3n) is 2.26. The Hall–Kier alpha value is -1.88. The summed E-state index contributed by atoms with van der Waals surface area (Å²) < 4.78 is 0.664. The van der Waals surface area contributed by atoms with E-state index in [1.54, 1.807) is 42.5 Å². The van der Waals surface area contributed by atoms with Crippen LogP contribution >= 0.6 is 15.9 Å². The number of carbonyl (C=O) groups is 1. The van der Waals surface area contributed by atoms with Gasteiger partial charge in [-0.15, -0.1) is 0 Å². The van der Waals surface area contributed by atoms with Crippen molar-refractivity contribution in [2.24, 2.45) is 0 Å². The molecule has 2 aromatic rings. The Labute approximate surface area is 113 Å². The van der Waals surface area contributed by atoms with Crippen LogP contribution in [0.1, 0.15) is 5.56 Å². The van der Waals surface area contributed by atoms with E-state index >= 15 is 0 Å². The Kier molecular flexibility index (Phi) is 3.94. The maximum absolute atomic E-state index is 11.8. The molecule has 0 bridgehead atoms. The van der Waals surface area contributed by atoms with Gasteiger partial charge in [0.2, 0.25) is 5.91 Å². The highest BCUT2D eigenvalue weighted by atomic mass is 79.9. The van der Waals surface area contributed by atoms with Crippen LogP contribution < -0.4 is 5.32 Å². The Balaban J connectivity index is 2.01. The van der Waals surface area contributed by atoms with E-state index in [2.05, 4.69) is 26.2 Å². The van der Waals surface area contributed by atoms with Gasteiger partial charge in [0.1, 0.15) is 16.2 Å². The van der Waals surface area contributed by atoms with Crippen molar-refractivity contribution in [2.75, 3.05) is 5.32 Å². The highest BCUT2D eigenvalue weighted by Crippen LogP contribution is 2.13. The zero-order chi connectivity index (χ0) is 13.0. The number of benzene rings is 1. The average Bonchev–Trinajstić information content (AvgIpc) is 2.28. The standard InChI is InChI=1S/C13H11BrN2O2/c14-11-5-2-6-12(15-11)16-13(18)8-9-3-1-4-10(17)7-9/h1-7,17H,8H2,(H,15,16,18). The van der Waals surface area contributed by atoms with Crippen molar-refractivity contribution in [3.8, 4) is 5.75 Å². The maximum Gasteiger partial charge on any atom is 0.229 e. The van der Waals surface area contributed by atoms with Gasteiger partial charge in [-0.3, -0.25) is 4.79 Å². The van der Waals surface area contributed by atoms with Crippen molar-refractivity contribution in [1.82, 2.24) is 4.98 Å². The fraction of sp³-hybridized carbons (Fsp3) is 0.0769. The van der Waals surface area contributed by atoms with Crippen LogP contribution in [0.2, 0.25) is 0 Å². The summed E-state index contributed by atoms with van der Waals surface area (Å²) in [5.41, 5.74) is 0.752. The van der Waals surface area contributed by atoms with Crippen molar-refractivity contribution < 1.29 is 9.90 Å². The Morgan fingerprint density at radius 2 is 2.06 bits per heavy atom. The molecule has 0 aliphatic rings. The van der Waals surface area contributed by atoms with Gasteiger partial charge in [-0.2, -0.15) is 0 Å².